The second kappa shape index (κ2) is 5.30. The summed E-state index contributed by atoms with van der Waals surface area (Å²) < 4.78 is 12.0. The molecule has 0 spiro atoms. The number of hydrogen-bond donors (Lipinski definition) is 1. The summed E-state index contributed by atoms with van der Waals surface area (Å²) in [6, 6.07) is 2.69. The smallest absolute Gasteiger partial charge is 0.133 e. The fraction of sp³-hybridized carbons (Fsp3) is 0.286. The Morgan fingerprint density at radius 3 is 2.83 bits per heavy atom. The van der Waals surface area contributed by atoms with Crippen molar-refractivity contribution in [3.8, 4) is 0 Å². The van der Waals surface area contributed by atoms with Crippen LogP contribution in [0.2, 0.25) is 5.15 Å². The third kappa shape index (κ3) is 2.59. The molecule has 0 saturated carbocycles. The van der Waals surface area contributed by atoms with Gasteiger partial charge in [0.05, 0.1) is 6.04 Å². The van der Waals surface area contributed by atoms with E-state index in [0.717, 1.165) is 0 Å². The van der Waals surface area contributed by atoms with E-state index >= 15 is 0 Å². The lowest BCUT2D eigenvalue weighted by atomic mass is 10.1. The Bertz CT molecular complexity index is 245. The van der Waals surface area contributed by atoms with Crippen LogP contribution in [0, 0.1) is 0 Å². The van der Waals surface area contributed by atoms with Gasteiger partial charge in [0.25, 0.3) is 0 Å². The van der Waals surface area contributed by atoms with E-state index in [1.807, 2.05) is 0 Å². The summed E-state index contributed by atoms with van der Waals surface area (Å²) in [6.45, 7) is -0.620. The fourth-order valence-electron chi connectivity index (χ4n) is 0.758. The highest BCUT2D eigenvalue weighted by Crippen LogP contribution is 2.18. The number of aromatic nitrogens is 1. The molecule has 2 nitrogen and oxygen atoms in total. The van der Waals surface area contributed by atoms with Gasteiger partial charge in [0.2, 0.25) is 0 Å². The highest BCUT2D eigenvalue weighted by atomic mass is 35.5. The van der Waals surface area contributed by atoms with Gasteiger partial charge in [0, 0.05) is 11.8 Å². The number of pyridine rings is 1. The van der Waals surface area contributed by atoms with Crippen LogP contribution in [0.15, 0.2) is 18.3 Å². The van der Waals surface area contributed by atoms with Crippen molar-refractivity contribution in [2.75, 3.05) is 6.67 Å². The van der Waals surface area contributed by atoms with E-state index in [9.17, 15) is 4.39 Å². The molecule has 1 rings (SSSR count). The molecular formula is C7H9Cl2FN2. The van der Waals surface area contributed by atoms with Gasteiger partial charge in [-0.3, -0.25) is 0 Å². The molecule has 0 aromatic carbocycles. The standard InChI is InChI=1S/C7H8ClFN2.ClH/c8-7-5(6(10)4-9)2-1-3-11-7;/h1-3,6H,4,10H2;1H/t6-;/m0./s1. The van der Waals surface area contributed by atoms with E-state index in [0.29, 0.717) is 5.56 Å². The van der Waals surface area contributed by atoms with Crippen molar-refractivity contribution in [1.29, 1.82) is 0 Å². The first-order valence-electron chi connectivity index (χ1n) is 3.17. The van der Waals surface area contributed by atoms with Crippen LogP contribution in [0.25, 0.3) is 0 Å². The predicted molar refractivity (Wildman–Crippen MR) is 49.4 cm³/mol. The van der Waals surface area contributed by atoms with Crippen LogP contribution in [0.1, 0.15) is 11.6 Å². The molecule has 5 heteroatoms. The highest BCUT2D eigenvalue weighted by Gasteiger charge is 2.08. The molecule has 0 aliphatic heterocycles. The molecule has 0 aliphatic carbocycles. The molecule has 68 valence electrons. The quantitative estimate of drug-likeness (QED) is 0.761. The second-order valence-electron chi connectivity index (χ2n) is 2.14. The van der Waals surface area contributed by atoms with Gasteiger partial charge < -0.3 is 5.73 Å². The maximum absolute atomic E-state index is 12.0. The topological polar surface area (TPSA) is 38.9 Å². The van der Waals surface area contributed by atoms with Crippen LogP contribution in [-0.2, 0) is 0 Å². The molecule has 0 unspecified atom stereocenters. The van der Waals surface area contributed by atoms with Crippen LogP contribution >= 0.6 is 24.0 Å². The Hall–Kier alpha value is -0.380. The zero-order chi connectivity index (χ0) is 8.27. The lowest BCUT2D eigenvalue weighted by Crippen LogP contribution is -2.12. The molecule has 1 aromatic rings. The lowest BCUT2D eigenvalue weighted by molar-refractivity contribution is 0.436. The predicted octanol–water partition coefficient (Wildman–Crippen LogP) is 2.13. The highest BCUT2D eigenvalue weighted by molar-refractivity contribution is 6.30. The summed E-state index contributed by atoms with van der Waals surface area (Å²) in [6.07, 6.45) is 1.54. The first-order chi connectivity index (χ1) is 5.25. The van der Waals surface area contributed by atoms with Crippen LogP contribution in [0.4, 0.5) is 4.39 Å². The van der Waals surface area contributed by atoms with Gasteiger partial charge in [-0.2, -0.15) is 0 Å². The first kappa shape index (κ1) is 11.6. The number of halogens is 3. The maximum Gasteiger partial charge on any atom is 0.133 e. The van der Waals surface area contributed by atoms with Crippen LogP contribution < -0.4 is 5.73 Å². The van der Waals surface area contributed by atoms with Crippen molar-refractivity contribution >= 4 is 24.0 Å². The number of alkyl halides is 1. The number of nitrogens with zero attached hydrogens (tertiary/aromatic N) is 1. The number of rotatable bonds is 2. The molecule has 1 atom stereocenters. The van der Waals surface area contributed by atoms with E-state index in [1.165, 1.54) is 6.20 Å². The van der Waals surface area contributed by atoms with Crippen molar-refractivity contribution in [3.05, 3.63) is 29.0 Å². The van der Waals surface area contributed by atoms with Gasteiger partial charge >= 0.3 is 0 Å². The molecule has 1 aromatic heterocycles. The van der Waals surface area contributed by atoms with E-state index in [-0.39, 0.29) is 17.6 Å². The minimum atomic E-state index is -0.656. The molecule has 0 saturated heterocycles. The first-order valence-corrected chi connectivity index (χ1v) is 3.55. The molecule has 0 bridgehead atoms. The summed E-state index contributed by atoms with van der Waals surface area (Å²) in [5.74, 6) is 0. The molecule has 0 amide bonds. The van der Waals surface area contributed by atoms with Gasteiger partial charge in [-0.1, -0.05) is 17.7 Å². The van der Waals surface area contributed by atoms with Gasteiger partial charge in [-0.15, -0.1) is 12.4 Å². The Kier molecular flexibility index (Phi) is 5.13. The molecule has 2 N–H and O–H groups in total. The van der Waals surface area contributed by atoms with Gasteiger partial charge in [-0.05, 0) is 6.07 Å². The maximum atomic E-state index is 12.0. The van der Waals surface area contributed by atoms with E-state index in [2.05, 4.69) is 4.98 Å². The number of hydrogen-bond acceptors (Lipinski definition) is 2. The minimum absolute atomic E-state index is 0. The molecule has 0 radical (unpaired) electrons. The normalized spacial score (nSPS) is 11.9. The van der Waals surface area contributed by atoms with Crippen molar-refractivity contribution in [2.24, 2.45) is 5.73 Å². The van der Waals surface area contributed by atoms with Crippen LogP contribution in [0.3, 0.4) is 0 Å². The van der Waals surface area contributed by atoms with Crippen molar-refractivity contribution < 1.29 is 4.39 Å². The summed E-state index contributed by atoms with van der Waals surface area (Å²) in [5.41, 5.74) is 5.95. The molecule has 1 heterocycles. The molecule has 0 fully saturated rings. The second-order valence-corrected chi connectivity index (χ2v) is 2.50. The van der Waals surface area contributed by atoms with Gasteiger partial charge in [-0.25, -0.2) is 9.37 Å². The summed E-state index contributed by atoms with van der Waals surface area (Å²) in [5, 5.41) is 0.276. The third-order valence-electron chi connectivity index (χ3n) is 1.35. The van der Waals surface area contributed by atoms with E-state index in [1.54, 1.807) is 12.1 Å². The summed E-state index contributed by atoms with van der Waals surface area (Å²) in [4.78, 5) is 3.77. The largest absolute Gasteiger partial charge is 0.322 e. The Morgan fingerprint density at radius 2 is 2.33 bits per heavy atom. The average molecular weight is 211 g/mol. The van der Waals surface area contributed by atoms with Gasteiger partial charge in [0.15, 0.2) is 0 Å². The average Bonchev–Trinajstić information content (AvgIpc) is 2.04. The Balaban J connectivity index is 0.00000121. The van der Waals surface area contributed by atoms with Gasteiger partial charge in [0.1, 0.15) is 11.8 Å². The van der Waals surface area contributed by atoms with Crippen molar-refractivity contribution in [3.63, 3.8) is 0 Å². The van der Waals surface area contributed by atoms with E-state index < -0.39 is 12.7 Å². The van der Waals surface area contributed by atoms with Crippen molar-refractivity contribution in [1.82, 2.24) is 4.98 Å². The fourth-order valence-corrected chi connectivity index (χ4v) is 1.02. The minimum Gasteiger partial charge on any atom is -0.322 e. The lowest BCUT2D eigenvalue weighted by Gasteiger charge is -2.07. The summed E-state index contributed by atoms with van der Waals surface area (Å²) >= 11 is 5.64. The van der Waals surface area contributed by atoms with E-state index in [4.69, 9.17) is 17.3 Å². The molecular weight excluding hydrogens is 202 g/mol. The van der Waals surface area contributed by atoms with Crippen LogP contribution in [0.5, 0.6) is 0 Å². The zero-order valence-electron chi connectivity index (χ0n) is 6.21. The van der Waals surface area contributed by atoms with Crippen LogP contribution in [-0.4, -0.2) is 11.7 Å². The third-order valence-corrected chi connectivity index (χ3v) is 1.67. The zero-order valence-corrected chi connectivity index (χ0v) is 7.78. The molecule has 0 aliphatic rings. The molecule has 12 heavy (non-hydrogen) atoms. The monoisotopic (exact) mass is 210 g/mol. The SMILES string of the molecule is Cl.N[C@@H](CF)c1cccnc1Cl. The number of nitrogens with two attached hydrogens (primary N) is 1. The Morgan fingerprint density at radius 1 is 1.67 bits per heavy atom. The van der Waals surface area contributed by atoms with Crippen molar-refractivity contribution in [2.45, 2.75) is 6.04 Å². The summed E-state index contributed by atoms with van der Waals surface area (Å²) in [7, 11) is 0. The Labute approximate surface area is 81.3 Å².